The average molecular weight is 360 g/mol. The molecule has 0 saturated carbocycles. The number of nitrogens with two attached hydrogens (primary N) is 1. The van der Waals surface area contributed by atoms with Crippen molar-refractivity contribution in [2.24, 2.45) is 5.73 Å². The molecule has 2 heterocycles. The predicted octanol–water partition coefficient (Wildman–Crippen LogP) is 3.58. The lowest BCUT2D eigenvalue weighted by Gasteiger charge is -2.34. The van der Waals surface area contributed by atoms with Crippen molar-refractivity contribution in [1.29, 1.82) is 0 Å². The third-order valence-electron chi connectivity index (χ3n) is 4.44. The summed E-state index contributed by atoms with van der Waals surface area (Å²) in [6.45, 7) is -3.96. The van der Waals surface area contributed by atoms with Crippen LogP contribution in [0, 0.1) is 0 Å². The van der Waals surface area contributed by atoms with Gasteiger partial charge in [-0.25, -0.2) is 4.98 Å². The highest BCUT2D eigenvalue weighted by atomic mass is 15.2. The predicted molar refractivity (Wildman–Crippen MR) is 105 cm³/mol. The van der Waals surface area contributed by atoms with Crippen molar-refractivity contribution in [3.05, 3.63) is 59.6 Å². The lowest BCUT2D eigenvalue weighted by Crippen LogP contribution is -2.33. The van der Waals surface area contributed by atoms with Crippen LogP contribution < -0.4 is 5.73 Å². The molecular weight excluding hydrogens is 322 g/mol. The average Bonchev–Trinajstić information content (AvgIpc) is 3.28. The zero-order chi connectivity index (χ0) is 26.6. The maximum absolute atomic E-state index is 8.88. The van der Waals surface area contributed by atoms with Gasteiger partial charge in [-0.15, -0.1) is 0 Å². The van der Waals surface area contributed by atoms with Crippen LogP contribution in [0.2, 0.25) is 0 Å². The largest absolute Gasteiger partial charge is 0.341 e. The van der Waals surface area contributed by atoms with Crippen molar-refractivity contribution in [3.63, 3.8) is 0 Å². The zero-order valence-corrected chi connectivity index (χ0v) is 14.3. The summed E-state index contributed by atoms with van der Waals surface area (Å²) in [5.41, 5.74) is 7.00. The Kier molecular flexibility index (Phi) is 2.79. The highest BCUT2D eigenvalue weighted by Gasteiger charge is 2.27. The number of hydrogen-bond acceptors (Lipinski definition) is 4. The van der Waals surface area contributed by atoms with E-state index >= 15 is 0 Å². The van der Waals surface area contributed by atoms with Crippen LogP contribution >= 0.6 is 0 Å². The molecular formula is C21H27N5. The fourth-order valence-electron chi connectivity index (χ4n) is 3.30. The van der Waals surface area contributed by atoms with Crippen molar-refractivity contribution in [2.75, 3.05) is 13.0 Å². The second kappa shape index (κ2) is 7.98. The van der Waals surface area contributed by atoms with E-state index in [1.54, 1.807) is 12.3 Å². The Morgan fingerprint density at radius 3 is 3.19 bits per heavy atom. The van der Waals surface area contributed by atoms with Gasteiger partial charge in [-0.3, -0.25) is 9.88 Å². The molecule has 1 atom stereocenters. The molecule has 0 fully saturated rings. The summed E-state index contributed by atoms with van der Waals surface area (Å²) >= 11 is 0. The minimum absolute atomic E-state index is 0.0148. The number of rotatable bonds is 7. The number of imidazole rings is 1. The van der Waals surface area contributed by atoms with E-state index < -0.39 is 43.9 Å². The maximum Gasteiger partial charge on any atom is 0.121 e. The molecule has 0 saturated heterocycles. The van der Waals surface area contributed by atoms with Crippen LogP contribution in [0.5, 0.6) is 0 Å². The number of fused-ring (bicyclic) bond motifs is 2. The summed E-state index contributed by atoms with van der Waals surface area (Å²) in [4.78, 5) is 12.8. The van der Waals surface area contributed by atoms with E-state index in [1.807, 2.05) is 6.07 Å². The molecule has 0 amide bonds. The fraction of sp³-hybridized carbons (Fsp3) is 0.429. The Morgan fingerprint density at radius 1 is 1.35 bits per heavy atom. The summed E-state index contributed by atoms with van der Waals surface area (Å²) in [5.74, 6) is 0.0908. The Labute approximate surface area is 168 Å². The van der Waals surface area contributed by atoms with Gasteiger partial charge in [0.2, 0.25) is 0 Å². The SMILES string of the molecule is [2H]c1c([2H])c([2H])c2[nH]c(CN([C@H]3CCCc4cccnc43)C([2H])([2H])C([2H])([2H])C([2H])([2H])CN)nc2c1[2H]. The summed E-state index contributed by atoms with van der Waals surface area (Å²) < 4.78 is 83.1. The van der Waals surface area contributed by atoms with Crippen molar-refractivity contribution >= 4 is 11.0 Å². The third kappa shape index (κ3) is 3.64. The molecule has 5 heteroatoms. The van der Waals surface area contributed by atoms with Gasteiger partial charge < -0.3 is 10.7 Å². The molecule has 0 aliphatic heterocycles. The molecule has 26 heavy (non-hydrogen) atoms. The first-order valence-electron chi connectivity index (χ1n) is 13.6. The second-order valence-corrected chi connectivity index (χ2v) is 6.11. The molecule has 0 bridgehead atoms. The van der Waals surface area contributed by atoms with Gasteiger partial charge in [0.05, 0.1) is 34.8 Å². The van der Waals surface area contributed by atoms with Crippen LogP contribution in [0.4, 0.5) is 0 Å². The molecule has 1 aliphatic rings. The number of para-hydroxylation sites is 2. The molecule has 0 spiro atoms. The zero-order valence-electron chi connectivity index (χ0n) is 24.3. The van der Waals surface area contributed by atoms with Gasteiger partial charge in [0, 0.05) is 14.4 Å². The highest BCUT2D eigenvalue weighted by molar-refractivity contribution is 5.74. The first kappa shape index (κ1) is 9.11. The summed E-state index contributed by atoms with van der Waals surface area (Å²) in [5, 5.41) is 0. The number of aromatic nitrogens is 3. The molecule has 136 valence electrons. The van der Waals surface area contributed by atoms with Gasteiger partial charge in [-0.2, -0.15) is 0 Å². The minimum Gasteiger partial charge on any atom is -0.341 e. The Bertz CT molecular complexity index is 1250. The van der Waals surface area contributed by atoms with E-state index in [4.69, 9.17) is 19.4 Å². The third-order valence-corrected chi connectivity index (χ3v) is 4.44. The van der Waals surface area contributed by atoms with Gasteiger partial charge in [0.1, 0.15) is 5.82 Å². The van der Waals surface area contributed by atoms with Gasteiger partial charge in [0.25, 0.3) is 0 Å². The van der Waals surface area contributed by atoms with Gasteiger partial charge in [0.15, 0.2) is 0 Å². The smallest absolute Gasteiger partial charge is 0.121 e. The number of nitrogens with zero attached hydrogens (tertiary/aromatic N) is 3. The molecule has 2 aromatic heterocycles. The van der Waals surface area contributed by atoms with E-state index in [0.29, 0.717) is 18.5 Å². The second-order valence-electron chi connectivity index (χ2n) is 6.11. The van der Waals surface area contributed by atoms with Gasteiger partial charge in [-0.05, 0) is 68.8 Å². The van der Waals surface area contributed by atoms with Crippen molar-refractivity contribution in [3.8, 4) is 0 Å². The van der Waals surface area contributed by atoms with Crippen molar-refractivity contribution < 1.29 is 13.7 Å². The lowest BCUT2D eigenvalue weighted by molar-refractivity contribution is 0.159. The van der Waals surface area contributed by atoms with E-state index in [-0.39, 0.29) is 35.5 Å². The minimum atomic E-state index is -3.04. The number of pyridine rings is 1. The first-order valence-corrected chi connectivity index (χ1v) is 8.60. The topological polar surface area (TPSA) is 70.8 Å². The van der Waals surface area contributed by atoms with Crippen LogP contribution in [0.15, 0.2) is 42.5 Å². The lowest BCUT2D eigenvalue weighted by atomic mass is 9.90. The van der Waals surface area contributed by atoms with Crippen LogP contribution in [0.3, 0.4) is 0 Å². The van der Waals surface area contributed by atoms with E-state index in [0.717, 1.165) is 12.0 Å². The molecule has 0 radical (unpaired) electrons. The number of aryl methyl sites for hydroxylation is 1. The van der Waals surface area contributed by atoms with Crippen molar-refractivity contribution in [1.82, 2.24) is 19.9 Å². The van der Waals surface area contributed by atoms with Crippen molar-refractivity contribution in [2.45, 2.75) is 44.6 Å². The number of benzene rings is 1. The van der Waals surface area contributed by atoms with E-state index in [1.165, 1.54) is 4.90 Å². The summed E-state index contributed by atoms with van der Waals surface area (Å²) in [6.07, 6.45) is -2.33. The van der Waals surface area contributed by atoms with E-state index in [9.17, 15) is 0 Å². The Hall–Kier alpha value is -2.24. The van der Waals surface area contributed by atoms with Gasteiger partial charge >= 0.3 is 0 Å². The molecule has 0 unspecified atom stereocenters. The number of H-pyrrole nitrogens is 1. The molecule has 1 aromatic carbocycles. The van der Waals surface area contributed by atoms with Gasteiger partial charge in [-0.1, -0.05) is 18.2 Å². The standard InChI is InChI=1S/C21H27N5/c22-12-3-4-14-26(15-20-24-17-9-1-2-10-18(17)25-20)19-11-5-7-16-8-6-13-23-21(16)19/h1-2,6,8-10,13,19H,3-5,7,11-12,14-15,22H2,(H,24,25)/t19-/m0/s1/i1D,2D,3D2,4D2,9D,10D,14D2. The highest BCUT2D eigenvalue weighted by Crippen LogP contribution is 2.33. The first-order chi connectivity index (χ1) is 16.7. The quantitative estimate of drug-likeness (QED) is 0.676. The summed E-state index contributed by atoms with van der Waals surface area (Å²) in [6, 6.07) is 1.38. The Balaban J connectivity index is 1.87. The molecule has 1 aliphatic carbocycles. The number of hydrogen-bond donors (Lipinski definition) is 2. The van der Waals surface area contributed by atoms with E-state index in [2.05, 4.69) is 15.0 Å². The van der Waals surface area contributed by atoms with Crippen LogP contribution in [-0.4, -0.2) is 32.9 Å². The molecule has 5 nitrogen and oxygen atoms in total. The van der Waals surface area contributed by atoms with Crippen LogP contribution in [0.25, 0.3) is 11.0 Å². The molecule has 4 rings (SSSR count). The number of nitrogens with one attached hydrogen (secondary N) is 1. The van der Waals surface area contributed by atoms with Crippen LogP contribution in [0.1, 0.15) is 62.4 Å². The number of aromatic amines is 1. The Morgan fingerprint density at radius 2 is 2.27 bits per heavy atom. The molecule has 3 N–H and O–H groups in total. The maximum atomic E-state index is 8.88. The summed E-state index contributed by atoms with van der Waals surface area (Å²) in [7, 11) is 0. The normalized spacial score (nSPS) is 24.2. The van der Waals surface area contributed by atoms with Crippen LogP contribution in [-0.2, 0) is 13.0 Å². The fourth-order valence-corrected chi connectivity index (χ4v) is 3.30. The molecule has 3 aromatic rings. The monoisotopic (exact) mass is 359 g/mol.